The van der Waals surface area contributed by atoms with Crippen molar-refractivity contribution < 1.29 is 9.47 Å². The van der Waals surface area contributed by atoms with Crippen LogP contribution in [-0.4, -0.2) is 18.2 Å². The molecule has 1 aromatic heterocycles. The van der Waals surface area contributed by atoms with Gasteiger partial charge in [0.25, 0.3) is 5.56 Å². The van der Waals surface area contributed by atoms with Crippen molar-refractivity contribution in [2.24, 2.45) is 4.99 Å². The van der Waals surface area contributed by atoms with Crippen molar-refractivity contribution in [2.75, 3.05) is 13.7 Å². The summed E-state index contributed by atoms with van der Waals surface area (Å²) in [4.78, 5) is 17.5. The smallest absolute Gasteiger partial charge is 0.270 e. The Kier molecular flexibility index (Phi) is 5.01. The van der Waals surface area contributed by atoms with Crippen LogP contribution in [0.2, 0.25) is 5.02 Å². The van der Waals surface area contributed by atoms with E-state index < -0.39 is 0 Å². The highest BCUT2D eigenvalue weighted by Crippen LogP contribution is 2.29. The van der Waals surface area contributed by atoms with Crippen molar-refractivity contribution in [1.82, 2.24) is 4.57 Å². The summed E-state index contributed by atoms with van der Waals surface area (Å²) in [5.74, 6) is 1.26. The largest absolute Gasteiger partial charge is 0.493 e. The van der Waals surface area contributed by atoms with Gasteiger partial charge in [-0.1, -0.05) is 41.1 Å². The van der Waals surface area contributed by atoms with Crippen LogP contribution in [0.4, 0.5) is 0 Å². The maximum Gasteiger partial charge on any atom is 0.270 e. The Labute approximate surface area is 164 Å². The van der Waals surface area contributed by atoms with Crippen LogP contribution < -0.4 is 24.4 Å². The van der Waals surface area contributed by atoms with Gasteiger partial charge in [0.05, 0.1) is 18.2 Å². The van der Waals surface area contributed by atoms with Crippen LogP contribution in [0.1, 0.15) is 11.1 Å². The number of nitrogens with zero attached hydrogens (tertiary/aromatic N) is 2. The first-order chi connectivity index (χ1) is 13.1. The Morgan fingerprint density at radius 3 is 2.78 bits per heavy atom. The minimum absolute atomic E-state index is 0.0123. The average molecular weight is 401 g/mol. The normalized spacial score (nSPS) is 13.3. The fourth-order valence-electron chi connectivity index (χ4n) is 2.85. The number of methoxy groups -OCH3 is 1. The molecule has 2 heterocycles. The number of ether oxygens (including phenoxy) is 2. The fourth-order valence-corrected chi connectivity index (χ4v) is 4.01. The molecule has 0 amide bonds. The van der Waals surface area contributed by atoms with E-state index in [1.807, 2.05) is 48.5 Å². The zero-order chi connectivity index (χ0) is 18.8. The van der Waals surface area contributed by atoms with Crippen molar-refractivity contribution in [3.05, 3.63) is 78.3 Å². The molecule has 1 aliphatic rings. The minimum atomic E-state index is 0.0123. The van der Waals surface area contributed by atoms with E-state index in [2.05, 4.69) is 4.99 Å². The number of rotatable bonds is 5. The van der Waals surface area contributed by atoms with Gasteiger partial charge >= 0.3 is 0 Å². The summed E-state index contributed by atoms with van der Waals surface area (Å²) in [6, 6.07) is 13.1. The summed E-state index contributed by atoms with van der Waals surface area (Å²) < 4.78 is 13.7. The fraction of sp³-hybridized carbons (Fsp3) is 0.200. The molecule has 0 N–H and O–H groups in total. The summed E-state index contributed by atoms with van der Waals surface area (Å²) in [5, 5.41) is 0.694. The zero-order valence-corrected chi connectivity index (χ0v) is 16.2. The highest BCUT2D eigenvalue weighted by Gasteiger charge is 2.10. The maximum absolute atomic E-state index is 12.4. The van der Waals surface area contributed by atoms with Crippen molar-refractivity contribution in [2.45, 2.75) is 13.2 Å². The van der Waals surface area contributed by atoms with E-state index in [0.29, 0.717) is 40.8 Å². The van der Waals surface area contributed by atoms with E-state index >= 15 is 0 Å². The number of hydrogen-bond acceptors (Lipinski definition) is 5. The average Bonchev–Trinajstić information content (AvgIpc) is 3.25. The third-order valence-electron chi connectivity index (χ3n) is 4.25. The molecular formula is C20H17ClN2O3S. The van der Waals surface area contributed by atoms with Gasteiger partial charge in [-0.2, -0.15) is 0 Å². The van der Waals surface area contributed by atoms with Gasteiger partial charge in [-0.3, -0.25) is 14.4 Å². The Morgan fingerprint density at radius 1 is 1.22 bits per heavy atom. The zero-order valence-electron chi connectivity index (χ0n) is 14.6. The molecule has 2 aromatic carbocycles. The van der Waals surface area contributed by atoms with E-state index in [1.54, 1.807) is 11.7 Å². The van der Waals surface area contributed by atoms with Crippen LogP contribution in [0.3, 0.4) is 0 Å². The third kappa shape index (κ3) is 3.77. The Morgan fingerprint density at radius 2 is 2.04 bits per heavy atom. The molecule has 0 fully saturated rings. The topological polar surface area (TPSA) is 52.8 Å². The van der Waals surface area contributed by atoms with Gasteiger partial charge < -0.3 is 9.47 Å². The molecule has 0 bridgehead atoms. The first kappa shape index (κ1) is 17.8. The lowest BCUT2D eigenvalue weighted by atomic mass is 10.2. The van der Waals surface area contributed by atoms with Crippen LogP contribution >= 0.6 is 22.9 Å². The Bertz CT molecular complexity index is 1150. The van der Waals surface area contributed by atoms with Crippen LogP contribution in [-0.2, 0) is 13.2 Å². The minimum Gasteiger partial charge on any atom is -0.493 e. The molecule has 1 aliphatic heterocycles. The van der Waals surface area contributed by atoms with E-state index in [4.69, 9.17) is 21.1 Å². The SMILES string of the molecule is COc1cc(C=c2sc3n(c2=O)CCN=3)ccc1OCc1ccc(Cl)cc1. The Hall–Kier alpha value is -2.57. The van der Waals surface area contributed by atoms with Crippen LogP contribution in [0.15, 0.2) is 52.3 Å². The quantitative estimate of drug-likeness (QED) is 0.661. The molecule has 0 saturated carbocycles. The van der Waals surface area contributed by atoms with E-state index in [1.165, 1.54) is 11.3 Å². The van der Waals surface area contributed by atoms with Crippen molar-refractivity contribution in [3.8, 4) is 11.5 Å². The summed E-state index contributed by atoms with van der Waals surface area (Å²) in [7, 11) is 1.60. The summed E-state index contributed by atoms with van der Waals surface area (Å²) in [6.45, 7) is 1.77. The predicted molar refractivity (Wildman–Crippen MR) is 107 cm³/mol. The summed E-state index contributed by atoms with van der Waals surface area (Å²) in [6.07, 6.45) is 1.86. The van der Waals surface area contributed by atoms with E-state index in [-0.39, 0.29) is 5.56 Å². The molecule has 0 aliphatic carbocycles. The number of benzene rings is 2. The van der Waals surface area contributed by atoms with Gasteiger partial charge in [0.15, 0.2) is 16.3 Å². The van der Waals surface area contributed by atoms with Gasteiger partial charge in [-0.15, -0.1) is 0 Å². The van der Waals surface area contributed by atoms with Crippen molar-refractivity contribution in [3.63, 3.8) is 0 Å². The molecule has 27 heavy (non-hydrogen) atoms. The second-order valence-electron chi connectivity index (χ2n) is 6.06. The van der Waals surface area contributed by atoms with Gasteiger partial charge in [0.2, 0.25) is 0 Å². The van der Waals surface area contributed by atoms with Gasteiger partial charge in [-0.25, -0.2) is 0 Å². The molecule has 138 valence electrons. The first-order valence-corrected chi connectivity index (χ1v) is 9.64. The van der Waals surface area contributed by atoms with Crippen molar-refractivity contribution in [1.29, 1.82) is 0 Å². The van der Waals surface area contributed by atoms with E-state index in [0.717, 1.165) is 15.9 Å². The van der Waals surface area contributed by atoms with Crippen LogP contribution in [0.5, 0.6) is 11.5 Å². The van der Waals surface area contributed by atoms with E-state index in [9.17, 15) is 4.79 Å². The van der Waals surface area contributed by atoms with Crippen LogP contribution in [0.25, 0.3) is 6.08 Å². The molecule has 5 nitrogen and oxygen atoms in total. The number of fused-ring (bicyclic) bond motifs is 1. The number of hydrogen-bond donors (Lipinski definition) is 0. The van der Waals surface area contributed by atoms with Gasteiger partial charge in [-0.05, 0) is 41.5 Å². The predicted octanol–water partition coefficient (Wildman–Crippen LogP) is 2.61. The number of thiazole rings is 1. The third-order valence-corrected chi connectivity index (χ3v) is 5.55. The highest BCUT2D eigenvalue weighted by atomic mass is 35.5. The molecule has 3 aromatic rings. The lowest BCUT2D eigenvalue weighted by molar-refractivity contribution is 0.284. The molecule has 0 atom stereocenters. The standard InChI is InChI=1S/C20H17ClN2O3S/c1-25-17-10-14(11-18-19(24)23-9-8-22-20(23)27-18)4-7-16(17)26-12-13-2-5-15(21)6-3-13/h2-7,10-11H,8-9,12H2,1H3. The monoisotopic (exact) mass is 400 g/mol. The van der Waals surface area contributed by atoms with Crippen molar-refractivity contribution >= 4 is 29.0 Å². The van der Waals surface area contributed by atoms with Gasteiger partial charge in [0, 0.05) is 11.6 Å². The molecule has 0 unspecified atom stereocenters. The molecular weight excluding hydrogens is 384 g/mol. The highest BCUT2D eigenvalue weighted by molar-refractivity contribution is 7.07. The molecule has 7 heteroatoms. The molecule has 4 rings (SSSR count). The lowest BCUT2D eigenvalue weighted by Gasteiger charge is -2.11. The lowest BCUT2D eigenvalue weighted by Crippen LogP contribution is -2.29. The second kappa shape index (κ2) is 7.58. The number of halogens is 1. The Balaban J connectivity index is 1.59. The first-order valence-electron chi connectivity index (χ1n) is 8.45. The molecule has 0 saturated heterocycles. The maximum atomic E-state index is 12.4. The second-order valence-corrected chi connectivity index (χ2v) is 7.50. The number of aromatic nitrogens is 1. The van der Waals surface area contributed by atoms with Crippen LogP contribution in [0, 0.1) is 0 Å². The molecule has 0 spiro atoms. The van der Waals surface area contributed by atoms with Gasteiger partial charge in [0.1, 0.15) is 6.61 Å². The summed E-state index contributed by atoms with van der Waals surface area (Å²) in [5.41, 5.74) is 1.91. The molecule has 0 radical (unpaired) electrons. The summed E-state index contributed by atoms with van der Waals surface area (Å²) >= 11 is 7.32.